The average Bonchev–Trinajstić information content (AvgIpc) is 3.23. The number of carbonyl (C=O) groups excluding carboxylic acids is 3. The van der Waals surface area contributed by atoms with Crippen molar-refractivity contribution >= 4 is 18.0 Å². The third kappa shape index (κ3) is 7.84. The van der Waals surface area contributed by atoms with E-state index in [1.54, 1.807) is 4.90 Å². The molecule has 0 radical (unpaired) electrons. The van der Waals surface area contributed by atoms with Gasteiger partial charge in [0.1, 0.15) is 17.7 Å². The molecule has 1 aromatic carbocycles. The topological polar surface area (TPSA) is 76.2 Å². The maximum Gasteiger partial charge on any atom is 0.410 e. The standard InChI is InChI=1S/C29H44N2O5/c1-8-10-16-23(9-2)31(24(27(33)35-7)18-17-22-14-12-11-13-15-22)26(32)25-21(3)19-20-30(25)28(34)36-29(4,5)6/h10-16,21,23-25H,8-9,17-20H2,1-7H3/b16-10+/t21-,23-,24-,25-/m1/s1. The van der Waals surface area contributed by atoms with Gasteiger partial charge in [-0.1, -0.05) is 63.3 Å². The zero-order chi connectivity index (χ0) is 26.9. The van der Waals surface area contributed by atoms with Gasteiger partial charge in [0, 0.05) is 6.54 Å². The van der Waals surface area contributed by atoms with E-state index in [0.29, 0.717) is 32.2 Å². The van der Waals surface area contributed by atoms with Crippen molar-refractivity contribution in [1.82, 2.24) is 9.80 Å². The third-order valence-corrected chi connectivity index (χ3v) is 6.56. The second kappa shape index (κ2) is 13.5. The number of benzene rings is 1. The Bertz CT molecular complexity index is 893. The lowest BCUT2D eigenvalue weighted by molar-refractivity contribution is -0.156. The molecule has 4 atom stereocenters. The van der Waals surface area contributed by atoms with Crippen LogP contribution in [0.25, 0.3) is 0 Å². The van der Waals surface area contributed by atoms with Gasteiger partial charge in [0.25, 0.3) is 0 Å². The molecule has 1 aliphatic rings. The highest BCUT2D eigenvalue weighted by Gasteiger charge is 2.46. The number of likely N-dealkylation sites (tertiary alicyclic amines) is 1. The highest BCUT2D eigenvalue weighted by atomic mass is 16.6. The predicted octanol–water partition coefficient (Wildman–Crippen LogP) is 5.38. The zero-order valence-corrected chi connectivity index (χ0v) is 23.0. The van der Waals surface area contributed by atoms with Crippen molar-refractivity contribution in [2.24, 2.45) is 5.92 Å². The maximum absolute atomic E-state index is 14.3. The number of rotatable bonds is 10. The van der Waals surface area contributed by atoms with Crippen LogP contribution in [0.2, 0.25) is 0 Å². The molecule has 0 N–H and O–H groups in total. The lowest BCUT2D eigenvalue weighted by Crippen LogP contribution is -2.58. The molecule has 1 fully saturated rings. The third-order valence-electron chi connectivity index (χ3n) is 6.56. The monoisotopic (exact) mass is 500 g/mol. The van der Waals surface area contributed by atoms with Crippen LogP contribution >= 0.6 is 0 Å². The molecule has 0 saturated carbocycles. The minimum absolute atomic E-state index is 0.0624. The second-order valence-electron chi connectivity index (χ2n) is 10.5. The molecule has 0 spiro atoms. The van der Waals surface area contributed by atoms with Crippen molar-refractivity contribution in [3.63, 3.8) is 0 Å². The molecule has 7 nitrogen and oxygen atoms in total. The lowest BCUT2D eigenvalue weighted by atomic mass is 9.96. The Kier molecular flexibility index (Phi) is 11.0. The fourth-order valence-electron chi connectivity index (χ4n) is 4.72. The normalized spacial score (nSPS) is 19.7. The Morgan fingerprint density at radius 1 is 1.17 bits per heavy atom. The summed E-state index contributed by atoms with van der Waals surface area (Å²) < 4.78 is 10.8. The molecule has 36 heavy (non-hydrogen) atoms. The Morgan fingerprint density at radius 2 is 1.83 bits per heavy atom. The van der Waals surface area contributed by atoms with Crippen LogP contribution in [-0.4, -0.2) is 65.2 Å². The van der Waals surface area contributed by atoms with E-state index in [0.717, 1.165) is 12.0 Å². The van der Waals surface area contributed by atoms with Crippen molar-refractivity contribution in [2.45, 2.75) is 97.4 Å². The summed E-state index contributed by atoms with van der Waals surface area (Å²) in [5, 5.41) is 0. The maximum atomic E-state index is 14.3. The molecule has 0 aliphatic carbocycles. The second-order valence-corrected chi connectivity index (χ2v) is 10.5. The largest absolute Gasteiger partial charge is 0.467 e. The number of ether oxygens (including phenoxy) is 2. The van der Waals surface area contributed by atoms with Gasteiger partial charge in [-0.15, -0.1) is 0 Å². The van der Waals surface area contributed by atoms with Gasteiger partial charge in [0.15, 0.2) is 0 Å². The number of aryl methyl sites for hydroxylation is 1. The van der Waals surface area contributed by atoms with Gasteiger partial charge in [-0.2, -0.15) is 0 Å². The van der Waals surface area contributed by atoms with Gasteiger partial charge in [-0.3, -0.25) is 9.69 Å². The molecule has 0 aromatic heterocycles. The van der Waals surface area contributed by atoms with E-state index in [-0.39, 0.29) is 17.9 Å². The first-order chi connectivity index (χ1) is 17.0. The highest BCUT2D eigenvalue weighted by molar-refractivity contribution is 5.91. The molecule has 2 rings (SSSR count). The number of methoxy groups -OCH3 is 1. The van der Waals surface area contributed by atoms with Crippen molar-refractivity contribution in [3.8, 4) is 0 Å². The first-order valence-corrected chi connectivity index (χ1v) is 13.1. The molecule has 0 unspecified atom stereocenters. The summed E-state index contributed by atoms with van der Waals surface area (Å²) in [5.41, 5.74) is 0.413. The Labute approximate surface area is 216 Å². The average molecular weight is 501 g/mol. The molecule has 1 aromatic rings. The summed E-state index contributed by atoms with van der Waals surface area (Å²) in [7, 11) is 1.36. The summed E-state index contributed by atoms with van der Waals surface area (Å²) in [4.78, 5) is 43.7. The van der Waals surface area contributed by atoms with Crippen LogP contribution in [0, 0.1) is 5.92 Å². The quantitative estimate of drug-likeness (QED) is 0.318. The summed E-state index contributed by atoms with van der Waals surface area (Å²) in [6.45, 7) is 11.9. The molecular formula is C29H44N2O5. The first-order valence-electron chi connectivity index (χ1n) is 13.1. The zero-order valence-electron chi connectivity index (χ0n) is 23.0. The number of esters is 1. The van der Waals surface area contributed by atoms with Gasteiger partial charge in [0.2, 0.25) is 5.91 Å². The van der Waals surface area contributed by atoms with Gasteiger partial charge >= 0.3 is 12.1 Å². The van der Waals surface area contributed by atoms with E-state index in [9.17, 15) is 14.4 Å². The fraction of sp³-hybridized carbons (Fsp3) is 0.621. The Balaban J connectivity index is 2.47. The van der Waals surface area contributed by atoms with Crippen LogP contribution in [-0.2, 0) is 25.5 Å². The van der Waals surface area contributed by atoms with Crippen LogP contribution in [0.3, 0.4) is 0 Å². The minimum atomic E-state index is -0.776. The van der Waals surface area contributed by atoms with Gasteiger partial charge in [-0.05, 0) is 64.4 Å². The summed E-state index contributed by atoms with van der Waals surface area (Å²) in [6.07, 6.45) is 6.70. The van der Waals surface area contributed by atoms with E-state index in [1.807, 2.05) is 84.0 Å². The number of hydrogen-bond acceptors (Lipinski definition) is 5. The van der Waals surface area contributed by atoms with Crippen LogP contribution in [0.4, 0.5) is 4.79 Å². The molecule has 2 amide bonds. The number of allylic oxidation sites excluding steroid dienone is 1. The summed E-state index contributed by atoms with van der Waals surface area (Å²) in [5.74, 6) is -0.744. The van der Waals surface area contributed by atoms with Gasteiger partial charge in [-0.25, -0.2) is 9.59 Å². The van der Waals surface area contributed by atoms with Gasteiger partial charge in [0.05, 0.1) is 13.2 Å². The van der Waals surface area contributed by atoms with Crippen molar-refractivity contribution in [1.29, 1.82) is 0 Å². The van der Waals surface area contributed by atoms with E-state index >= 15 is 0 Å². The van der Waals surface area contributed by atoms with Crippen molar-refractivity contribution in [2.75, 3.05) is 13.7 Å². The van der Waals surface area contributed by atoms with Crippen LogP contribution < -0.4 is 0 Å². The Hall–Kier alpha value is -2.83. The fourth-order valence-corrected chi connectivity index (χ4v) is 4.72. The number of carbonyl (C=O) groups is 3. The Morgan fingerprint density at radius 3 is 2.39 bits per heavy atom. The van der Waals surface area contributed by atoms with E-state index in [4.69, 9.17) is 9.47 Å². The molecule has 1 aliphatic heterocycles. The summed E-state index contributed by atoms with van der Waals surface area (Å²) >= 11 is 0. The number of hydrogen-bond donors (Lipinski definition) is 0. The SMILES string of the molecule is CC/C=C/[C@@H](CC)N(C(=O)[C@H]1[C@H](C)CCN1C(=O)OC(C)(C)C)[C@H](CCc1ccccc1)C(=O)OC. The lowest BCUT2D eigenvalue weighted by Gasteiger charge is -2.39. The molecule has 1 saturated heterocycles. The molecule has 200 valence electrons. The van der Waals surface area contributed by atoms with Crippen LogP contribution in [0.15, 0.2) is 42.5 Å². The number of amides is 2. The van der Waals surface area contributed by atoms with Crippen molar-refractivity contribution < 1.29 is 23.9 Å². The molecule has 7 heteroatoms. The first kappa shape index (κ1) is 29.4. The molecule has 1 heterocycles. The van der Waals surface area contributed by atoms with Gasteiger partial charge < -0.3 is 14.4 Å². The van der Waals surface area contributed by atoms with E-state index in [2.05, 4.69) is 0 Å². The number of nitrogens with zero attached hydrogens (tertiary/aromatic N) is 2. The smallest absolute Gasteiger partial charge is 0.410 e. The molecular weight excluding hydrogens is 456 g/mol. The van der Waals surface area contributed by atoms with Crippen LogP contribution in [0.5, 0.6) is 0 Å². The molecule has 0 bridgehead atoms. The highest BCUT2D eigenvalue weighted by Crippen LogP contribution is 2.30. The van der Waals surface area contributed by atoms with Crippen LogP contribution in [0.1, 0.15) is 72.8 Å². The summed E-state index contributed by atoms with van der Waals surface area (Å²) in [6, 6.07) is 8.12. The predicted molar refractivity (Wildman–Crippen MR) is 141 cm³/mol. The van der Waals surface area contributed by atoms with Crippen molar-refractivity contribution in [3.05, 3.63) is 48.0 Å². The minimum Gasteiger partial charge on any atom is -0.467 e. The van der Waals surface area contributed by atoms with E-state index < -0.39 is 29.7 Å². The van der Waals surface area contributed by atoms with E-state index in [1.165, 1.54) is 12.0 Å².